The zero-order valence-electron chi connectivity index (χ0n) is 10.5. The van der Waals surface area contributed by atoms with E-state index in [1.54, 1.807) is 6.07 Å². The molecule has 3 nitrogen and oxygen atoms in total. The highest BCUT2D eigenvalue weighted by Gasteiger charge is 2.07. The fourth-order valence-corrected chi connectivity index (χ4v) is 1.87. The van der Waals surface area contributed by atoms with Crippen LogP contribution >= 0.6 is 0 Å². The number of hydrogen-bond donors (Lipinski definition) is 1. The second kappa shape index (κ2) is 5.12. The Kier molecular flexibility index (Phi) is 3.55. The third kappa shape index (κ3) is 2.64. The summed E-state index contributed by atoms with van der Waals surface area (Å²) in [5.74, 6) is 0.0992. The van der Waals surface area contributed by atoms with Crippen LogP contribution in [0.1, 0.15) is 24.6 Å². The van der Waals surface area contributed by atoms with Crippen LogP contribution in [0.15, 0.2) is 29.1 Å². The van der Waals surface area contributed by atoms with Crippen LogP contribution in [0.4, 0.5) is 4.39 Å². The molecule has 1 aromatic heterocycles. The topological polar surface area (TPSA) is 45.8 Å². The summed E-state index contributed by atoms with van der Waals surface area (Å²) < 4.78 is 13.3. The molecular formula is C14H15FN2O. The molecule has 4 heteroatoms. The first-order valence-corrected chi connectivity index (χ1v) is 5.97. The first-order valence-electron chi connectivity index (χ1n) is 5.97. The minimum Gasteiger partial charge on any atom is -0.307 e. The average molecular weight is 246 g/mol. The molecule has 0 aliphatic carbocycles. The molecule has 0 bridgehead atoms. The number of rotatable bonds is 3. The molecule has 94 valence electrons. The molecule has 0 amide bonds. The smallest absolute Gasteiger partial charge is 0.251 e. The summed E-state index contributed by atoms with van der Waals surface area (Å²) in [6.07, 6.45) is 1.66. The third-order valence-electron chi connectivity index (χ3n) is 2.76. The molecule has 2 aromatic rings. The number of benzene rings is 1. The van der Waals surface area contributed by atoms with E-state index in [2.05, 4.69) is 9.97 Å². The normalized spacial score (nSPS) is 10.6. The van der Waals surface area contributed by atoms with E-state index in [4.69, 9.17) is 0 Å². The molecule has 0 saturated carbocycles. The van der Waals surface area contributed by atoms with Gasteiger partial charge in [-0.1, -0.05) is 19.4 Å². The fraction of sp³-hybridized carbons (Fsp3) is 0.286. The van der Waals surface area contributed by atoms with Crippen LogP contribution in [0.3, 0.4) is 0 Å². The van der Waals surface area contributed by atoms with Gasteiger partial charge in [0.25, 0.3) is 5.56 Å². The van der Waals surface area contributed by atoms with Crippen molar-refractivity contribution in [2.45, 2.75) is 26.7 Å². The lowest BCUT2D eigenvalue weighted by molar-refractivity contribution is 0.627. The maximum absolute atomic E-state index is 13.3. The van der Waals surface area contributed by atoms with Gasteiger partial charge in [0.1, 0.15) is 11.6 Å². The van der Waals surface area contributed by atoms with Crippen molar-refractivity contribution in [1.29, 1.82) is 0 Å². The van der Waals surface area contributed by atoms with E-state index in [0.29, 0.717) is 11.4 Å². The Morgan fingerprint density at radius 2 is 2.11 bits per heavy atom. The van der Waals surface area contributed by atoms with Crippen molar-refractivity contribution < 1.29 is 4.39 Å². The van der Waals surface area contributed by atoms with E-state index in [9.17, 15) is 9.18 Å². The zero-order chi connectivity index (χ0) is 13.1. The molecule has 0 fully saturated rings. The van der Waals surface area contributed by atoms with Crippen LogP contribution in [-0.2, 0) is 6.42 Å². The number of hydrogen-bond acceptors (Lipinski definition) is 2. The zero-order valence-corrected chi connectivity index (χ0v) is 10.5. The van der Waals surface area contributed by atoms with Crippen molar-refractivity contribution in [2.24, 2.45) is 0 Å². The molecule has 2 rings (SSSR count). The Bertz CT molecular complexity index is 619. The van der Waals surface area contributed by atoms with Crippen molar-refractivity contribution in [3.05, 3.63) is 51.7 Å². The standard InChI is InChI=1S/C14H15FN2O/c1-3-4-11-8-13(18)17-14(16-11)12-7-10(15)6-5-9(12)2/h5-8H,3-4H2,1-2H3,(H,16,17,18). The number of H-pyrrole nitrogens is 1. The van der Waals surface area contributed by atoms with Crippen molar-refractivity contribution in [2.75, 3.05) is 0 Å². The Balaban J connectivity index is 2.56. The number of aromatic nitrogens is 2. The van der Waals surface area contributed by atoms with E-state index in [0.717, 1.165) is 24.1 Å². The van der Waals surface area contributed by atoms with Gasteiger partial charge in [0.15, 0.2) is 0 Å². The molecule has 1 N–H and O–H groups in total. The molecular weight excluding hydrogens is 231 g/mol. The van der Waals surface area contributed by atoms with Gasteiger partial charge in [0, 0.05) is 17.3 Å². The van der Waals surface area contributed by atoms with Crippen LogP contribution in [0, 0.1) is 12.7 Å². The van der Waals surface area contributed by atoms with Gasteiger partial charge in [-0.25, -0.2) is 9.37 Å². The monoisotopic (exact) mass is 246 g/mol. The van der Waals surface area contributed by atoms with Crippen LogP contribution in [-0.4, -0.2) is 9.97 Å². The Morgan fingerprint density at radius 3 is 2.83 bits per heavy atom. The van der Waals surface area contributed by atoms with E-state index in [1.165, 1.54) is 18.2 Å². The molecule has 0 radical (unpaired) electrons. The summed E-state index contributed by atoms with van der Waals surface area (Å²) in [5, 5.41) is 0. The summed E-state index contributed by atoms with van der Waals surface area (Å²) in [4.78, 5) is 18.6. The highest BCUT2D eigenvalue weighted by atomic mass is 19.1. The van der Waals surface area contributed by atoms with Crippen molar-refractivity contribution in [3.63, 3.8) is 0 Å². The largest absolute Gasteiger partial charge is 0.307 e. The first-order chi connectivity index (χ1) is 8.60. The van der Waals surface area contributed by atoms with Crippen LogP contribution in [0.2, 0.25) is 0 Å². The SMILES string of the molecule is CCCc1cc(=O)[nH]c(-c2cc(F)ccc2C)n1. The minimum absolute atomic E-state index is 0.202. The van der Waals surface area contributed by atoms with Gasteiger partial charge in [-0.2, -0.15) is 0 Å². The van der Waals surface area contributed by atoms with E-state index >= 15 is 0 Å². The Hall–Kier alpha value is -1.97. The third-order valence-corrected chi connectivity index (χ3v) is 2.76. The minimum atomic E-state index is -0.334. The summed E-state index contributed by atoms with van der Waals surface area (Å²) in [7, 11) is 0. The van der Waals surface area contributed by atoms with Crippen molar-refractivity contribution in [3.8, 4) is 11.4 Å². The van der Waals surface area contributed by atoms with Gasteiger partial charge in [-0.05, 0) is 31.0 Å². The molecule has 0 saturated heterocycles. The van der Waals surface area contributed by atoms with Gasteiger partial charge in [-0.3, -0.25) is 4.79 Å². The van der Waals surface area contributed by atoms with Crippen molar-refractivity contribution in [1.82, 2.24) is 9.97 Å². The summed E-state index contributed by atoms with van der Waals surface area (Å²) in [5.41, 5.74) is 2.05. The second-order valence-electron chi connectivity index (χ2n) is 4.29. The van der Waals surface area contributed by atoms with Crippen molar-refractivity contribution >= 4 is 0 Å². The van der Waals surface area contributed by atoms with E-state index in [-0.39, 0.29) is 11.4 Å². The maximum atomic E-state index is 13.3. The number of halogens is 1. The fourth-order valence-electron chi connectivity index (χ4n) is 1.87. The Morgan fingerprint density at radius 1 is 1.33 bits per heavy atom. The van der Waals surface area contributed by atoms with E-state index < -0.39 is 0 Å². The van der Waals surface area contributed by atoms with Crippen LogP contribution in [0.5, 0.6) is 0 Å². The van der Waals surface area contributed by atoms with Gasteiger partial charge in [0.05, 0.1) is 0 Å². The number of aryl methyl sites for hydroxylation is 2. The summed E-state index contributed by atoms with van der Waals surface area (Å²) in [6, 6.07) is 5.95. The molecule has 0 unspecified atom stereocenters. The van der Waals surface area contributed by atoms with Crippen LogP contribution in [0.25, 0.3) is 11.4 Å². The highest BCUT2D eigenvalue weighted by Crippen LogP contribution is 2.20. The first kappa shape index (κ1) is 12.5. The molecule has 0 aliphatic heterocycles. The summed E-state index contributed by atoms with van der Waals surface area (Å²) >= 11 is 0. The lowest BCUT2D eigenvalue weighted by Crippen LogP contribution is -2.10. The predicted molar refractivity (Wildman–Crippen MR) is 69.0 cm³/mol. The number of nitrogens with one attached hydrogen (secondary N) is 1. The molecule has 1 heterocycles. The van der Waals surface area contributed by atoms with Crippen LogP contribution < -0.4 is 5.56 Å². The molecule has 0 atom stereocenters. The lowest BCUT2D eigenvalue weighted by atomic mass is 10.1. The average Bonchev–Trinajstić information content (AvgIpc) is 2.32. The number of nitrogens with zero attached hydrogens (tertiary/aromatic N) is 1. The second-order valence-corrected chi connectivity index (χ2v) is 4.29. The lowest BCUT2D eigenvalue weighted by Gasteiger charge is -2.06. The van der Waals surface area contributed by atoms with Gasteiger partial charge >= 0.3 is 0 Å². The Labute approximate surface area is 105 Å². The molecule has 0 aliphatic rings. The number of aromatic amines is 1. The quantitative estimate of drug-likeness (QED) is 0.905. The van der Waals surface area contributed by atoms with Gasteiger partial charge < -0.3 is 4.98 Å². The van der Waals surface area contributed by atoms with Gasteiger partial charge in [0.2, 0.25) is 0 Å². The predicted octanol–water partition coefficient (Wildman–Crippen LogP) is 2.84. The summed E-state index contributed by atoms with van der Waals surface area (Å²) in [6.45, 7) is 3.89. The van der Waals surface area contributed by atoms with E-state index in [1.807, 2.05) is 13.8 Å². The molecule has 1 aromatic carbocycles. The van der Waals surface area contributed by atoms with Gasteiger partial charge in [-0.15, -0.1) is 0 Å². The highest BCUT2D eigenvalue weighted by molar-refractivity contribution is 5.59. The molecule has 0 spiro atoms. The molecule has 18 heavy (non-hydrogen) atoms. The maximum Gasteiger partial charge on any atom is 0.251 e.